The first-order chi connectivity index (χ1) is 18.4. The van der Waals surface area contributed by atoms with Gasteiger partial charge in [-0.2, -0.15) is 4.98 Å². The number of fused-ring (bicyclic) bond motifs is 1. The highest BCUT2D eigenvalue weighted by atomic mass is 16.5. The molecule has 9 nitrogen and oxygen atoms in total. The topological polar surface area (TPSA) is 95.7 Å². The summed E-state index contributed by atoms with van der Waals surface area (Å²) >= 11 is 0. The molecule has 1 aliphatic rings. The SMILES string of the molecule is CC(=O)N1CCCN(Cc2cccnc2)CCCN(C(=O)CCc2nc(C(C)C)no2)Cc2ccccc21. The molecule has 0 spiro atoms. The standard InChI is InChI=1S/C29H38N6O3/c1-22(2)29-31-27(38-32-29)12-13-28(37)34-17-7-15-33(20-24-9-6-14-30-19-24)16-8-18-35(23(3)36)26-11-5-4-10-25(26)21-34/h4-6,9-11,14,19,22H,7-8,12-13,15-18,20-21H2,1-3H3. The van der Waals surface area contributed by atoms with Crippen LogP contribution >= 0.6 is 0 Å². The maximum absolute atomic E-state index is 13.5. The second-order valence-electron chi connectivity index (χ2n) is 10.2. The van der Waals surface area contributed by atoms with Gasteiger partial charge in [0.25, 0.3) is 0 Å². The molecule has 3 aromatic rings. The van der Waals surface area contributed by atoms with Crippen molar-refractivity contribution in [2.75, 3.05) is 31.1 Å². The minimum Gasteiger partial charge on any atom is -0.339 e. The Bertz CT molecular complexity index is 1200. The van der Waals surface area contributed by atoms with Crippen molar-refractivity contribution in [3.63, 3.8) is 0 Å². The highest BCUT2D eigenvalue weighted by Crippen LogP contribution is 2.24. The molecule has 0 unspecified atom stereocenters. The molecule has 0 N–H and O–H groups in total. The van der Waals surface area contributed by atoms with Crippen LogP contribution in [0.15, 0.2) is 53.3 Å². The molecule has 3 heterocycles. The van der Waals surface area contributed by atoms with Gasteiger partial charge in [-0.25, -0.2) is 0 Å². The first-order valence-corrected chi connectivity index (χ1v) is 13.5. The Morgan fingerprint density at radius 2 is 1.82 bits per heavy atom. The summed E-state index contributed by atoms with van der Waals surface area (Å²) in [5.41, 5.74) is 3.00. The minimum atomic E-state index is 0.00328. The average Bonchev–Trinajstić information content (AvgIpc) is 3.39. The quantitative estimate of drug-likeness (QED) is 0.483. The van der Waals surface area contributed by atoms with Gasteiger partial charge >= 0.3 is 0 Å². The second kappa shape index (κ2) is 13.3. The van der Waals surface area contributed by atoms with Crippen LogP contribution in [-0.2, 0) is 29.1 Å². The molecule has 38 heavy (non-hydrogen) atoms. The number of hydrogen-bond acceptors (Lipinski definition) is 7. The van der Waals surface area contributed by atoms with Crippen molar-refractivity contribution in [3.8, 4) is 0 Å². The Labute approximate surface area is 224 Å². The molecule has 0 atom stereocenters. The molecule has 2 amide bonds. The minimum absolute atomic E-state index is 0.00328. The van der Waals surface area contributed by atoms with E-state index in [4.69, 9.17) is 4.52 Å². The van der Waals surface area contributed by atoms with Gasteiger partial charge < -0.3 is 14.3 Å². The van der Waals surface area contributed by atoms with Crippen LogP contribution < -0.4 is 4.90 Å². The van der Waals surface area contributed by atoms with E-state index in [-0.39, 0.29) is 24.2 Å². The molecular weight excluding hydrogens is 480 g/mol. The van der Waals surface area contributed by atoms with Crippen LogP contribution in [0.25, 0.3) is 0 Å². The van der Waals surface area contributed by atoms with Crippen molar-refractivity contribution in [2.45, 2.75) is 65.5 Å². The third-order valence-electron chi connectivity index (χ3n) is 6.82. The first-order valence-electron chi connectivity index (χ1n) is 13.5. The molecule has 0 fully saturated rings. The number of hydrogen-bond donors (Lipinski definition) is 0. The number of amides is 2. The van der Waals surface area contributed by atoms with E-state index in [0.717, 1.165) is 49.3 Å². The van der Waals surface area contributed by atoms with Gasteiger partial charge in [-0.05, 0) is 36.1 Å². The van der Waals surface area contributed by atoms with Gasteiger partial charge in [-0.3, -0.25) is 19.5 Å². The third kappa shape index (κ3) is 7.47. The molecule has 1 aliphatic heterocycles. The molecule has 2 aromatic heterocycles. The Morgan fingerprint density at radius 1 is 1.03 bits per heavy atom. The van der Waals surface area contributed by atoms with Crippen molar-refractivity contribution in [1.29, 1.82) is 0 Å². The normalized spacial score (nSPS) is 15.6. The van der Waals surface area contributed by atoms with Crippen LogP contribution in [0.4, 0.5) is 5.69 Å². The van der Waals surface area contributed by atoms with Crippen molar-refractivity contribution < 1.29 is 14.1 Å². The van der Waals surface area contributed by atoms with Crippen LogP contribution in [0, 0.1) is 0 Å². The fourth-order valence-electron chi connectivity index (χ4n) is 4.79. The van der Waals surface area contributed by atoms with E-state index in [1.165, 1.54) is 0 Å². The Morgan fingerprint density at radius 3 is 2.53 bits per heavy atom. The van der Waals surface area contributed by atoms with E-state index in [9.17, 15) is 9.59 Å². The number of pyridine rings is 1. The fourth-order valence-corrected chi connectivity index (χ4v) is 4.79. The molecule has 4 rings (SSSR count). The molecule has 0 saturated carbocycles. The van der Waals surface area contributed by atoms with Gasteiger partial charge in [0.05, 0.1) is 0 Å². The Kier molecular flexibility index (Phi) is 9.59. The summed E-state index contributed by atoms with van der Waals surface area (Å²) in [6.07, 6.45) is 6.08. The molecule has 9 heteroatoms. The number of anilines is 1. The predicted octanol–water partition coefficient (Wildman–Crippen LogP) is 4.20. The highest BCUT2D eigenvalue weighted by Gasteiger charge is 2.22. The van der Waals surface area contributed by atoms with Crippen molar-refractivity contribution in [2.24, 2.45) is 0 Å². The lowest BCUT2D eigenvalue weighted by atomic mass is 10.1. The number of nitrogens with zero attached hydrogens (tertiary/aromatic N) is 6. The summed E-state index contributed by atoms with van der Waals surface area (Å²) < 4.78 is 5.35. The number of aromatic nitrogens is 3. The zero-order valence-electron chi connectivity index (χ0n) is 22.7. The molecule has 202 valence electrons. The van der Waals surface area contributed by atoms with Gasteiger partial charge in [-0.1, -0.05) is 43.3 Å². The van der Waals surface area contributed by atoms with Gasteiger partial charge in [0.2, 0.25) is 17.7 Å². The maximum atomic E-state index is 13.5. The van der Waals surface area contributed by atoms with E-state index in [2.05, 4.69) is 26.1 Å². The number of carbonyl (C=O) groups is 2. The van der Waals surface area contributed by atoms with Crippen molar-refractivity contribution >= 4 is 17.5 Å². The van der Waals surface area contributed by atoms with Crippen LogP contribution in [0.3, 0.4) is 0 Å². The molecule has 0 aliphatic carbocycles. The summed E-state index contributed by atoms with van der Waals surface area (Å²) in [4.78, 5) is 40.9. The van der Waals surface area contributed by atoms with E-state index in [1.54, 1.807) is 13.1 Å². The van der Waals surface area contributed by atoms with Gasteiger partial charge in [0, 0.05) is 83.0 Å². The van der Waals surface area contributed by atoms with Crippen LogP contribution in [-0.4, -0.2) is 62.9 Å². The molecule has 0 bridgehead atoms. The average molecular weight is 519 g/mol. The van der Waals surface area contributed by atoms with Crippen LogP contribution in [0.1, 0.15) is 68.8 Å². The monoisotopic (exact) mass is 518 g/mol. The van der Waals surface area contributed by atoms with Crippen molar-refractivity contribution in [1.82, 2.24) is 24.9 Å². The summed E-state index contributed by atoms with van der Waals surface area (Å²) in [7, 11) is 0. The maximum Gasteiger partial charge on any atom is 0.227 e. The lowest BCUT2D eigenvalue weighted by Gasteiger charge is -2.31. The lowest BCUT2D eigenvalue weighted by molar-refractivity contribution is -0.132. The van der Waals surface area contributed by atoms with Crippen molar-refractivity contribution in [3.05, 3.63) is 71.6 Å². The molecular formula is C29H38N6O3. The number of benzene rings is 1. The second-order valence-corrected chi connectivity index (χ2v) is 10.2. The molecule has 0 radical (unpaired) electrons. The lowest BCUT2D eigenvalue weighted by Crippen LogP contribution is -2.38. The van der Waals surface area contributed by atoms with Crippen LogP contribution in [0.5, 0.6) is 0 Å². The predicted molar refractivity (Wildman–Crippen MR) is 145 cm³/mol. The summed E-state index contributed by atoms with van der Waals surface area (Å²) in [6.45, 7) is 9.81. The zero-order valence-corrected chi connectivity index (χ0v) is 22.7. The number of carbonyl (C=O) groups excluding carboxylic acids is 2. The van der Waals surface area contributed by atoms with E-state index < -0.39 is 0 Å². The highest BCUT2D eigenvalue weighted by molar-refractivity contribution is 5.92. The number of rotatable bonds is 6. The smallest absolute Gasteiger partial charge is 0.227 e. The summed E-state index contributed by atoms with van der Waals surface area (Å²) in [5, 5.41) is 4.01. The van der Waals surface area contributed by atoms with Gasteiger partial charge in [0.15, 0.2) is 5.82 Å². The van der Waals surface area contributed by atoms with Crippen LogP contribution in [0.2, 0.25) is 0 Å². The van der Waals surface area contributed by atoms with E-state index in [1.807, 2.05) is 60.2 Å². The molecule has 0 saturated heterocycles. The van der Waals surface area contributed by atoms with Gasteiger partial charge in [0.1, 0.15) is 0 Å². The number of aryl methyl sites for hydroxylation is 1. The zero-order chi connectivity index (χ0) is 26.9. The summed E-state index contributed by atoms with van der Waals surface area (Å²) in [6, 6.07) is 11.9. The number of para-hydroxylation sites is 1. The summed E-state index contributed by atoms with van der Waals surface area (Å²) in [5.74, 6) is 1.36. The first kappa shape index (κ1) is 27.4. The molecule has 1 aromatic carbocycles. The fraction of sp³-hybridized carbons (Fsp3) is 0.483. The van der Waals surface area contributed by atoms with E-state index >= 15 is 0 Å². The Balaban J connectivity index is 1.53. The third-order valence-corrected chi connectivity index (χ3v) is 6.82. The largest absolute Gasteiger partial charge is 0.339 e. The van der Waals surface area contributed by atoms with E-state index in [0.29, 0.717) is 37.8 Å². The Hall–Kier alpha value is -3.59. The van der Waals surface area contributed by atoms with Gasteiger partial charge in [-0.15, -0.1) is 0 Å².